The number of nitriles is 1. The highest BCUT2D eigenvalue weighted by Crippen LogP contribution is 2.38. The number of nitrogens with two attached hydrogens (primary N) is 1. The Morgan fingerprint density at radius 2 is 1.91 bits per heavy atom. The minimum atomic E-state index is -0.684. The fraction of sp³-hybridized carbons (Fsp3) is 0.125. The van der Waals surface area contributed by atoms with Crippen molar-refractivity contribution in [1.29, 1.82) is 5.26 Å². The van der Waals surface area contributed by atoms with Crippen molar-refractivity contribution in [2.45, 2.75) is 13.5 Å². The minimum Gasteiger partial charge on any atom is -0.496 e. The van der Waals surface area contributed by atoms with Gasteiger partial charge in [0.25, 0.3) is 5.91 Å². The average Bonchev–Trinajstić information content (AvgIpc) is 3.31. The number of hydrogen-bond acceptors (Lipinski definition) is 8. The van der Waals surface area contributed by atoms with E-state index in [9.17, 15) is 10.1 Å². The van der Waals surface area contributed by atoms with Crippen molar-refractivity contribution >= 4 is 28.8 Å². The van der Waals surface area contributed by atoms with Gasteiger partial charge in [-0.1, -0.05) is 22.9 Å². The maximum Gasteiger partial charge on any atom is 0.251 e. The number of halogens is 1. The lowest BCUT2D eigenvalue weighted by Crippen LogP contribution is -2.16. The van der Waals surface area contributed by atoms with Crippen LogP contribution in [0.25, 0.3) is 21.8 Å². The first kappa shape index (κ1) is 23.2. The van der Waals surface area contributed by atoms with Crippen LogP contribution in [0.1, 0.15) is 26.6 Å². The molecule has 10 heteroatoms. The molecule has 34 heavy (non-hydrogen) atoms. The smallest absolute Gasteiger partial charge is 0.251 e. The normalized spacial score (nSPS) is 10.5. The van der Waals surface area contributed by atoms with E-state index >= 15 is 0 Å². The van der Waals surface area contributed by atoms with E-state index in [0.29, 0.717) is 54.6 Å². The van der Waals surface area contributed by atoms with Gasteiger partial charge in [0.1, 0.15) is 23.8 Å². The molecule has 0 saturated heterocycles. The van der Waals surface area contributed by atoms with Crippen molar-refractivity contribution in [2.24, 2.45) is 5.73 Å². The molecule has 0 bridgehead atoms. The second kappa shape index (κ2) is 9.87. The van der Waals surface area contributed by atoms with Gasteiger partial charge in [-0.15, -0.1) is 10.2 Å². The van der Waals surface area contributed by atoms with Gasteiger partial charge in [-0.25, -0.2) is 4.98 Å². The monoisotopic (exact) mass is 491 g/mol. The molecule has 2 aromatic heterocycles. The lowest BCUT2D eigenvalue weighted by Gasteiger charge is -2.15. The topological polar surface area (TPSA) is 124 Å². The molecule has 0 fully saturated rings. The molecule has 2 heterocycles. The predicted molar refractivity (Wildman–Crippen MR) is 129 cm³/mol. The third-order valence-corrected chi connectivity index (χ3v) is 6.01. The molecule has 4 aromatic rings. The maximum atomic E-state index is 12.6. The SMILES string of the molecule is COc1ccc(C#N)cc1-c1cc(C)nc(-c2nnc(COc3ccc(Cl)cc3)s2)c1C(N)=O. The molecule has 2 aromatic carbocycles. The Morgan fingerprint density at radius 3 is 2.59 bits per heavy atom. The summed E-state index contributed by atoms with van der Waals surface area (Å²) in [6.07, 6.45) is 0. The van der Waals surface area contributed by atoms with Gasteiger partial charge in [0, 0.05) is 21.8 Å². The molecular weight excluding hydrogens is 474 g/mol. The van der Waals surface area contributed by atoms with Crippen molar-refractivity contribution < 1.29 is 14.3 Å². The molecule has 170 valence electrons. The quantitative estimate of drug-likeness (QED) is 0.394. The van der Waals surface area contributed by atoms with Gasteiger partial charge in [0.05, 0.1) is 24.3 Å². The molecule has 0 saturated carbocycles. The van der Waals surface area contributed by atoms with Crippen molar-refractivity contribution in [2.75, 3.05) is 7.11 Å². The third kappa shape index (κ3) is 4.83. The van der Waals surface area contributed by atoms with Crippen LogP contribution in [0.4, 0.5) is 0 Å². The fourth-order valence-corrected chi connectivity index (χ4v) is 4.24. The van der Waals surface area contributed by atoms with Gasteiger partial charge in [-0.2, -0.15) is 5.26 Å². The predicted octanol–water partition coefficient (Wildman–Crippen LogP) is 4.79. The standard InChI is InChI=1S/C24H18ClN5O3S/c1-13-9-18(17-10-14(11-26)3-8-19(17)32-2)21(23(27)31)22(28-13)24-30-29-20(34-24)12-33-16-6-4-15(25)5-7-16/h3-10H,12H2,1-2H3,(H2,27,31). The third-order valence-electron chi connectivity index (χ3n) is 4.86. The first-order valence-corrected chi connectivity index (χ1v) is 11.2. The molecule has 0 aliphatic rings. The Balaban J connectivity index is 1.76. The summed E-state index contributed by atoms with van der Waals surface area (Å²) < 4.78 is 11.2. The Kier molecular flexibility index (Phi) is 6.72. The molecule has 2 N–H and O–H groups in total. The Morgan fingerprint density at radius 1 is 1.15 bits per heavy atom. The molecule has 0 aliphatic carbocycles. The number of amides is 1. The van der Waals surface area contributed by atoms with Gasteiger partial charge < -0.3 is 15.2 Å². The highest BCUT2D eigenvalue weighted by Gasteiger charge is 2.24. The van der Waals surface area contributed by atoms with E-state index in [-0.39, 0.29) is 12.2 Å². The van der Waals surface area contributed by atoms with Crippen LogP contribution >= 0.6 is 22.9 Å². The second-order valence-corrected chi connectivity index (χ2v) is 8.67. The number of nitrogens with zero attached hydrogens (tertiary/aromatic N) is 4. The fourth-order valence-electron chi connectivity index (χ4n) is 3.36. The van der Waals surface area contributed by atoms with Crippen LogP contribution < -0.4 is 15.2 Å². The summed E-state index contributed by atoms with van der Waals surface area (Å²) >= 11 is 7.14. The first-order chi connectivity index (χ1) is 16.4. The molecule has 1 amide bonds. The molecule has 0 unspecified atom stereocenters. The van der Waals surface area contributed by atoms with E-state index in [1.807, 2.05) is 0 Å². The summed E-state index contributed by atoms with van der Waals surface area (Å²) in [6.45, 7) is 1.98. The van der Waals surface area contributed by atoms with Crippen LogP contribution in [0, 0.1) is 18.3 Å². The molecule has 0 aliphatic heterocycles. The zero-order valence-electron chi connectivity index (χ0n) is 18.2. The zero-order chi connectivity index (χ0) is 24.2. The molecule has 0 spiro atoms. The van der Waals surface area contributed by atoms with Gasteiger partial charge in [-0.3, -0.25) is 4.79 Å². The van der Waals surface area contributed by atoms with Gasteiger partial charge in [0.15, 0.2) is 10.0 Å². The van der Waals surface area contributed by atoms with E-state index < -0.39 is 5.91 Å². The number of benzene rings is 2. The number of ether oxygens (including phenoxy) is 2. The Bertz CT molecular complexity index is 1410. The lowest BCUT2D eigenvalue weighted by molar-refractivity contribution is 0.100. The number of primary amides is 1. The van der Waals surface area contributed by atoms with Gasteiger partial charge >= 0.3 is 0 Å². The number of pyridine rings is 1. The van der Waals surface area contributed by atoms with Crippen LogP contribution in [0.3, 0.4) is 0 Å². The first-order valence-electron chi connectivity index (χ1n) is 10.0. The van der Waals surface area contributed by atoms with Gasteiger partial charge in [-0.05, 0) is 55.5 Å². The van der Waals surface area contributed by atoms with Crippen LogP contribution in [-0.4, -0.2) is 28.2 Å². The minimum absolute atomic E-state index is 0.167. The average molecular weight is 492 g/mol. The molecule has 8 nitrogen and oxygen atoms in total. The highest BCUT2D eigenvalue weighted by atomic mass is 35.5. The summed E-state index contributed by atoms with van der Waals surface area (Å²) in [5.74, 6) is 0.447. The molecule has 0 atom stereocenters. The van der Waals surface area contributed by atoms with Crippen LogP contribution in [-0.2, 0) is 6.61 Å². The number of carbonyl (C=O) groups is 1. The number of methoxy groups -OCH3 is 1. The molecule has 0 radical (unpaired) electrons. The van der Waals surface area contributed by atoms with E-state index in [1.165, 1.54) is 18.4 Å². The number of rotatable bonds is 7. The van der Waals surface area contributed by atoms with E-state index in [0.717, 1.165) is 0 Å². The summed E-state index contributed by atoms with van der Waals surface area (Å²) in [4.78, 5) is 17.1. The maximum absolute atomic E-state index is 12.6. The van der Waals surface area contributed by atoms with Crippen molar-refractivity contribution in [3.8, 4) is 39.4 Å². The number of aromatic nitrogens is 3. The van der Waals surface area contributed by atoms with Crippen molar-refractivity contribution in [3.05, 3.63) is 75.4 Å². The van der Waals surface area contributed by atoms with Crippen LogP contribution in [0.2, 0.25) is 5.02 Å². The zero-order valence-corrected chi connectivity index (χ0v) is 19.8. The number of hydrogen-bond donors (Lipinski definition) is 1. The van der Waals surface area contributed by atoms with E-state index in [2.05, 4.69) is 21.3 Å². The van der Waals surface area contributed by atoms with Gasteiger partial charge in [0.2, 0.25) is 0 Å². The number of carbonyl (C=O) groups excluding carboxylic acids is 1. The van der Waals surface area contributed by atoms with E-state index in [4.69, 9.17) is 26.8 Å². The summed E-state index contributed by atoms with van der Waals surface area (Å²) in [7, 11) is 1.52. The Labute approximate surface area is 204 Å². The summed E-state index contributed by atoms with van der Waals surface area (Å²) in [5.41, 5.74) is 8.37. The van der Waals surface area contributed by atoms with Crippen LogP contribution in [0.5, 0.6) is 11.5 Å². The highest BCUT2D eigenvalue weighted by molar-refractivity contribution is 7.14. The van der Waals surface area contributed by atoms with Crippen molar-refractivity contribution in [3.63, 3.8) is 0 Å². The Hall–Kier alpha value is -4.00. The van der Waals surface area contributed by atoms with E-state index in [1.54, 1.807) is 55.5 Å². The second-order valence-electron chi connectivity index (χ2n) is 7.17. The molecular formula is C24H18ClN5O3S. The van der Waals surface area contributed by atoms with Crippen LogP contribution in [0.15, 0.2) is 48.5 Å². The largest absolute Gasteiger partial charge is 0.496 e. The summed E-state index contributed by atoms with van der Waals surface area (Å²) in [5, 5.41) is 19.4. The van der Waals surface area contributed by atoms with Crippen molar-refractivity contribution in [1.82, 2.24) is 15.2 Å². The lowest BCUT2D eigenvalue weighted by atomic mass is 9.95. The number of aryl methyl sites for hydroxylation is 1. The molecule has 4 rings (SSSR count). The summed E-state index contributed by atoms with van der Waals surface area (Å²) in [6, 6.07) is 15.8.